The zero-order valence-electron chi connectivity index (χ0n) is 15.4. The number of ketones is 1. The Bertz CT molecular complexity index is 1180. The lowest BCUT2D eigenvalue weighted by Crippen LogP contribution is -2.32. The lowest BCUT2D eigenvalue weighted by Gasteiger charge is -2.12. The van der Waals surface area contributed by atoms with Crippen LogP contribution in [0.1, 0.15) is 23.0 Å². The van der Waals surface area contributed by atoms with Crippen molar-refractivity contribution in [3.05, 3.63) is 52.8 Å². The third-order valence-electron chi connectivity index (χ3n) is 4.17. The first kappa shape index (κ1) is 21.4. The van der Waals surface area contributed by atoms with Crippen LogP contribution in [0.3, 0.4) is 0 Å². The molecular formula is C18H19Cl2N5O3S. The SMILES string of the molecule is CC(=O)c1c(NS(=O)(=O)NCCCl)c2cc(Cl)ccc2n1Cc1ccnc(N)c1. The topological polar surface area (TPSA) is 119 Å². The van der Waals surface area contributed by atoms with Crippen LogP contribution in [-0.4, -0.2) is 36.2 Å². The number of rotatable bonds is 8. The van der Waals surface area contributed by atoms with Gasteiger partial charge in [0.15, 0.2) is 5.78 Å². The minimum absolute atomic E-state index is 0.0436. The first-order valence-corrected chi connectivity index (χ1v) is 11.0. The van der Waals surface area contributed by atoms with Crippen molar-refractivity contribution >= 4 is 61.6 Å². The van der Waals surface area contributed by atoms with Crippen LogP contribution in [0.15, 0.2) is 36.5 Å². The molecule has 2 aromatic heterocycles. The van der Waals surface area contributed by atoms with Crippen molar-refractivity contribution in [1.29, 1.82) is 0 Å². The van der Waals surface area contributed by atoms with Gasteiger partial charge in [0.05, 0.1) is 11.2 Å². The van der Waals surface area contributed by atoms with Gasteiger partial charge in [0.2, 0.25) is 0 Å². The van der Waals surface area contributed by atoms with E-state index >= 15 is 0 Å². The number of halogens is 2. The summed E-state index contributed by atoms with van der Waals surface area (Å²) in [7, 11) is -3.95. The van der Waals surface area contributed by atoms with E-state index in [9.17, 15) is 13.2 Å². The highest BCUT2D eigenvalue weighted by molar-refractivity contribution is 7.90. The highest BCUT2D eigenvalue weighted by Crippen LogP contribution is 2.34. The van der Waals surface area contributed by atoms with E-state index in [2.05, 4.69) is 14.4 Å². The Morgan fingerprint density at radius 3 is 2.69 bits per heavy atom. The van der Waals surface area contributed by atoms with E-state index in [0.29, 0.717) is 21.7 Å². The molecule has 8 nitrogen and oxygen atoms in total. The van der Waals surface area contributed by atoms with Crippen molar-refractivity contribution in [3.63, 3.8) is 0 Å². The summed E-state index contributed by atoms with van der Waals surface area (Å²) in [6, 6.07) is 8.49. The van der Waals surface area contributed by atoms with Crippen molar-refractivity contribution < 1.29 is 13.2 Å². The second-order valence-electron chi connectivity index (χ2n) is 6.31. The van der Waals surface area contributed by atoms with Gasteiger partial charge in [0, 0.05) is 42.5 Å². The molecule has 0 spiro atoms. The monoisotopic (exact) mass is 455 g/mol. The Labute approximate surface area is 178 Å². The average Bonchev–Trinajstić information content (AvgIpc) is 2.92. The molecule has 0 aliphatic heterocycles. The van der Waals surface area contributed by atoms with Gasteiger partial charge in [0.1, 0.15) is 11.5 Å². The number of Topliss-reactive ketones (excluding diaryl/α,β-unsaturated/α-hetero) is 1. The molecule has 3 rings (SSSR count). The van der Waals surface area contributed by atoms with Crippen molar-refractivity contribution in [2.45, 2.75) is 13.5 Å². The molecule has 0 bridgehead atoms. The van der Waals surface area contributed by atoms with E-state index in [1.54, 1.807) is 41.1 Å². The van der Waals surface area contributed by atoms with Gasteiger partial charge in [-0.25, -0.2) is 4.98 Å². The number of anilines is 2. The molecule has 3 aromatic rings. The van der Waals surface area contributed by atoms with Crippen LogP contribution in [-0.2, 0) is 16.8 Å². The summed E-state index contributed by atoms with van der Waals surface area (Å²) in [6.07, 6.45) is 1.57. The van der Waals surface area contributed by atoms with Gasteiger partial charge >= 0.3 is 0 Å². The zero-order valence-corrected chi connectivity index (χ0v) is 17.8. The number of hydrogen-bond donors (Lipinski definition) is 3. The number of benzene rings is 1. The molecule has 0 aliphatic carbocycles. The molecule has 29 heavy (non-hydrogen) atoms. The third kappa shape index (κ3) is 4.81. The highest BCUT2D eigenvalue weighted by Gasteiger charge is 2.24. The van der Waals surface area contributed by atoms with Crippen molar-refractivity contribution in [2.24, 2.45) is 0 Å². The molecule has 0 aliphatic rings. The van der Waals surface area contributed by atoms with Gasteiger partial charge in [-0.2, -0.15) is 13.1 Å². The normalized spacial score (nSPS) is 11.7. The minimum Gasteiger partial charge on any atom is -0.384 e. The molecule has 0 fully saturated rings. The summed E-state index contributed by atoms with van der Waals surface area (Å²) in [4.78, 5) is 16.5. The van der Waals surface area contributed by atoms with Gasteiger partial charge in [0.25, 0.3) is 10.2 Å². The second kappa shape index (κ2) is 8.58. The summed E-state index contributed by atoms with van der Waals surface area (Å²) in [6.45, 7) is 1.70. The van der Waals surface area contributed by atoms with Crippen molar-refractivity contribution in [1.82, 2.24) is 14.3 Å². The molecule has 0 radical (unpaired) electrons. The molecule has 0 saturated heterocycles. The molecule has 0 saturated carbocycles. The molecule has 4 N–H and O–H groups in total. The fourth-order valence-electron chi connectivity index (χ4n) is 3.08. The number of nitrogen functional groups attached to an aromatic ring is 1. The number of fused-ring (bicyclic) bond motifs is 1. The highest BCUT2D eigenvalue weighted by atomic mass is 35.5. The number of carbonyl (C=O) groups is 1. The van der Waals surface area contributed by atoms with Crippen molar-refractivity contribution in [2.75, 3.05) is 22.9 Å². The van der Waals surface area contributed by atoms with Gasteiger partial charge in [-0.3, -0.25) is 9.52 Å². The molecule has 154 valence electrons. The minimum atomic E-state index is -3.95. The number of nitrogens with zero attached hydrogens (tertiary/aromatic N) is 2. The standard InChI is InChI=1S/C18H19Cl2N5O3S/c1-11(26)18-17(24-29(27,28)23-7-5-19)14-9-13(20)2-3-15(14)25(18)10-12-4-6-22-16(21)8-12/h2-4,6,8-9,23-24H,5,7,10H2,1H3,(H2,21,22). The predicted molar refractivity (Wildman–Crippen MR) is 116 cm³/mol. The molecular weight excluding hydrogens is 437 g/mol. The van der Waals surface area contributed by atoms with Crippen LogP contribution >= 0.6 is 23.2 Å². The van der Waals surface area contributed by atoms with Crippen LogP contribution in [0.25, 0.3) is 10.9 Å². The van der Waals surface area contributed by atoms with Crippen LogP contribution in [0.4, 0.5) is 11.5 Å². The Morgan fingerprint density at radius 2 is 2.03 bits per heavy atom. The Morgan fingerprint density at radius 1 is 1.28 bits per heavy atom. The van der Waals surface area contributed by atoms with Gasteiger partial charge in [-0.15, -0.1) is 11.6 Å². The van der Waals surface area contributed by atoms with E-state index < -0.39 is 10.2 Å². The lowest BCUT2D eigenvalue weighted by molar-refractivity contribution is 0.101. The van der Waals surface area contributed by atoms with E-state index in [1.807, 2.05) is 0 Å². The Hall–Kier alpha value is -2.33. The van der Waals surface area contributed by atoms with E-state index in [1.165, 1.54) is 6.92 Å². The van der Waals surface area contributed by atoms with Gasteiger partial charge in [-0.05, 0) is 35.9 Å². The summed E-state index contributed by atoms with van der Waals surface area (Å²) in [5.74, 6) is 0.143. The summed E-state index contributed by atoms with van der Waals surface area (Å²) in [5.41, 5.74) is 7.57. The number of alkyl halides is 1. The van der Waals surface area contributed by atoms with E-state index in [-0.39, 0.29) is 36.1 Å². The molecule has 2 heterocycles. The average molecular weight is 456 g/mol. The summed E-state index contributed by atoms with van der Waals surface area (Å²) in [5, 5.41) is 0.910. The predicted octanol–water partition coefficient (Wildman–Crippen LogP) is 3.01. The zero-order chi connectivity index (χ0) is 21.2. The summed E-state index contributed by atoms with van der Waals surface area (Å²) < 4.78 is 31.3. The summed E-state index contributed by atoms with van der Waals surface area (Å²) >= 11 is 11.7. The first-order chi connectivity index (χ1) is 13.7. The molecule has 0 unspecified atom stereocenters. The number of nitrogens with one attached hydrogen (secondary N) is 2. The fraction of sp³-hybridized carbons (Fsp3) is 0.222. The van der Waals surface area contributed by atoms with Crippen LogP contribution < -0.4 is 15.2 Å². The third-order valence-corrected chi connectivity index (χ3v) is 5.65. The number of carbonyl (C=O) groups excluding carboxylic acids is 1. The second-order valence-corrected chi connectivity index (χ2v) is 8.62. The fourth-order valence-corrected chi connectivity index (χ4v) is 4.38. The number of hydrogen-bond acceptors (Lipinski definition) is 5. The van der Waals surface area contributed by atoms with Crippen LogP contribution in [0.2, 0.25) is 5.02 Å². The van der Waals surface area contributed by atoms with E-state index in [0.717, 1.165) is 5.56 Å². The molecule has 0 amide bonds. The van der Waals surface area contributed by atoms with E-state index in [4.69, 9.17) is 28.9 Å². The van der Waals surface area contributed by atoms with Gasteiger partial charge in [-0.1, -0.05) is 11.6 Å². The largest absolute Gasteiger partial charge is 0.384 e. The van der Waals surface area contributed by atoms with Crippen LogP contribution in [0, 0.1) is 0 Å². The first-order valence-electron chi connectivity index (χ1n) is 8.58. The van der Waals surface area contributed by atoms with Crippen LogP contribution in [0.5, 0.6) is 0 Å². The molecule has 0 atom stereocenters. The number of aromatic nitrogens is 2. The number of pyridine rings is 1. The maximum atomic E-state index is 12.5. The number of nitrogens with two attached hydrogens (primary N) is 1. The van der Waals surface area contributed by atoms with Gasteiger partial charge < -0.3 is 10.3 Å². The maximum Gasteiger partial charge on any atom is 0.299 e. The quantitative estimate of drug-likeness (QED) is 0.356. The molecule has 11 heteroatoms. The Balaban J connectivity index is 2.20. The molecule has 1 aromatic carbocycles. The Kier molecular flexibility index (Phi) is 6.33. The van der Waals surface area contributed by atoms with Crippen molar-refractivity contribution in [3.8, 4) is 0 Å². The maximum absolute atomic E-state index is 12.5. The smallest absolute Gasteiger partial charge is 0.299 e. The lowest BCUT2D eigenvalue weighted by atomic mass is 10.2.